The molecule has 1 aliphatic heterocycles. The average Bonchev–Trinajstić information content (AvgIpc) is 3.10. The normalized spacial score (nSPS) is 15.2. The van der Waals surface area contributed by atoms with Gasteiger partial charge < -0.3 is 15.2 Å². The van der Waals surface area contributed by atoms with Crippen LogP contribution < -0.4 is 5.32 Å². The molecule has 3 aromatic rings. The quantitative estimate of drug-likeness (QED) is 0.549. The van der Waals surface area contributed by atoms with Crippen molar-refractivity contribution < 1.29 is 4.79 Å². The van der Waals surface area contributed by atoms with E-state index in [-0.39, 0.29) is 24.4 Å². The smallest absolute Gasteiger partial charge is 0.254 e. The standard InChI is InChI=1S/C22H23Cl2N3O.ClH/c23-18-5-3-6-19(24)21(18)22(28)26-16-9-12-27(13-10-16)11-8-15-14-25-20-7-2-1-4-17(15)20;/h1-7,14,16,25H,8-13H2,(H,26,28);1H. The van der Waals surface area contributed by atoms with Crippen LogP contribution in [0.15, 0.2) is 48.7 Å². The van der Waals surface area contributed by atoms with Gasteiger partial charge in [-0.3, -0.25) is 4.79 Å². The van der Waals surface area contributed by atoms with E-state index in [2.05, 4.69) is 45.7 Å². The zero-order valence-electron chi connectivity index (χ0n) is 16.0. The molecule has 2 aromatic carbocycles. The van der Waals surface area contributed by atoms with Gasteiger partial charge in [0.15, 0.2) is 0 Å². The van der Waals surface area contributed by atoms with Crippen LogP contribution >= 0.6 is 35.6 Å². The highest BCUT2D eigenvalue weighted by molar-refractivity contribution is 6.39. The number of fused-ring (bicyclic) bond motifs is 1. The third-order valence-corrected chi connectivity index (χ3v) is 6.11. The summed E-state index contributed by atoms with van der Waals surface area (Å²) < 4.78 is 0. The molecule has 0 aliphatic carbocycles. The van der Waals surface area contributed by atoms with Crippen LogP contribution in [0, 0.1) is 0 Å². The van der Waals surface area contributed by atoms with Crippen molar-refractivity contribution in [3.8, 4) is 0 Å². The Labute approximate surface area is 187 Å². The number of benzene rings is 2. The first-order valence-electron chi connectivity index (χ1n) is 9.64. The number of carbonyl (C=O) groups is 1. The molecule has 1 aliphatic rings. The largest absolute Gasteiger partial charge is 0.361 e. The van der Waals surface area contributed by atoms with Crippen LogP contribution in [0.4, 0.5) is 0 Å². The number of carbonyl (C=O) groups excluding carboxylic acids is 1. The Kier molecular flexibility index (Phi) is 7.47. The Morgan fingerprint density at radius 3 is 2.48 bits per heavy atom. The molecule has 0 bridgehead atoms. The monoisotopic (exact) mass is 451 g/mol. The predicted octanol–water partition coefficient (Wildman–Crippen LogP) is 5.33. The van der Waals surface area contributed by atoms with Crippen LogP contribution in [0.5, 0.6) is 0 Å². The molecule has 2 N–H and O–H groups in total. The summed E-state index contributed by atoms with van der Waals surface area (Å²) in [6.45, 7) is 2.98. The van der Waals surface area contributed by atoms with Crippen molar-refractivity contribution in [2.75, 3.05) is 19.6 Å². The Bertz CT molecular complexity index is 960. The van der Waals surface area contributed by atoms with Gasteiger partial charge in [0.1, 0.15) is 0 Å². The minimum absolute atomic E-state index is 0. The lowest BCUT2D eigenvalue weighted by Gasteiger charge is -2.32. The molecule has 7 heteroatoms. The van der Waals surface area contributed by atoms with Crippen molar-refractivity contribution in [3.05, 3.63) is 69.8 Å². The minimum atomic E-state index is -0.187. The van der Waals surface area contributed by atoms with Crippen molar-refractivity contribution in [1.29, 1.82) is 0 Å². The van der Waals surface area contributed by atoms with E-state index in [1.807, 2.05) is 0 Å². The van der Waals surface area contributed by atoms with Crippen LogP contribution in [0.1, 0.15) is 28.8 Å². The first-order chi connectivity index (χ1) is 13.6. The molecule has 154 valence electrons. The number of para-hydroxylation sites is 1. The molecule has 4 nitrogen and oxygen atoms in total. The summed E-state index contributed by atoms with van der Waals surface area (Å²) >= 11 is 12.3. The number of halogens is 3. The zero-order valence-corrected chi connectivity index (χ0v) is 18.3. The summed E-state index contributed by atoms with van der Waals surface area (Å²) in [7, 11) is 0. The Morgan fingerprint density at radius 2 is 1.76 bits per heavy atom. The molecule has 0 spiro atoms. The molecule has 1 aromatic heterocycles. The summed E-state index contributed by atoms with van der Waals surface area (Å²) in [6.07, 6.45) is 5.00. The average molecular weight is 453 g/mol. The lowest BCUT2D eigenvalue weighted by molar-refractivity contribution is 0.0912. The maximum absolute atomic E-state index is 12.5. The van der Waals surface area contributed by atoms with Gasteiger partial charge in [0.2, 0.25) is 0 Å². The van der Waals surface area contributed by atoms with E-state index >= 15 is 0 Å². The third kappa shape index (κ3) is 5.07. The van der Waals surface area contributed by atoms with Gasteiger partial charge in [-0.05, 0) is 43.0 Å². The fourth-order valence-corrected chi connectivity index (χ4v) is 4.46. The van der Waals surface area contributed by atoms with E-state index in [1.165, 1.54) is 16.5 Å². The summed E-state index contributed by atoms with van der Waals surface area (Å²) in [5.74, 6) is -0.187. The van der Waals surface area contributed by atoms with Crippen molar-refractivity contribution in [2.24, 2.45) is 0 Å². The molecule has 0 unspecified atom stereocenters. The fraction of sp³-hybridized carbons (Fsp3) is 0.318. The maximum atomic E-state index is 12.5. The van der Waals surface area contributed by atoms with E-state index < -0.39 is 0 Å². The summed E-state index contributed by atoms with van der Waals surface area (Å²) in [5, 5.41) is 5.18. The van der Waals surface area contributed by atoms with Crippen molar-refractivity contribution >= 4 is 52.4 Å². The summed E-state index contributed by atoms with van der Waals surface area (Å²) in [5.41, 5.74) is 2.92. The van der Waals surface area contributed by atoms with Crippen LogP contribution in [-0.4, -0.2) is 41.5 Å². The van der Waals surface area contributed by atoms with E-state index in [9.17, 15) is 4.79 Å². The zero-order chi connectivity index (χ0) is 19.5. The number of nitrogens with one attached hydrogen (secondary N) is 2. The number of amides is 1. The van der Waals surface area contributed by atoms with Crippen LogP contribution in [-0.2, 0) is 6.42 Å². The third-order valence-electron chi connectivity index (χ3n) is 5.48. The van der Waals surface area contributed by atoms with Gasteiger partial charge in [-0.1, -0.05) is 47.5 Å². The lowest BCUT2D eigenvalue weighted by atomic mass is 10.0. The molecule has 0 radical (unpaired) electrons. The van der Waals surface area contributed by atoms with Crippen LogP contribution in [0.2, 0.25) is 10.0 Å². The first kappa shape index (κ1) is 22.0. The molecule has 0 saturated carbocycles. The number of piperidine rings is 1. The molecule has 4 rings (SSSR count). The van der Waals surface area contributed by atoms with E-state index in [1.54, 1.807) is 18.2 Å². The second kappa shape index (κ2) is 9.86. The number of aromatic nitrogens is 1. The fourth-order valence-electron chi connectivity index (χ4n) is 3.89. The number of nitrogens with zero attached hydrogens (tertiary/aromatic N) is 1. The van der Waals surface area contributed by atoms with Gasteiger partial charge >= 0.3 is 0 Å². The summed E-state index contributed by atoms with van der Waals surface area (Å²) in [4.78, 5) is 18.4. The maximum Gasteiger partial charge on any atom is 0.254 e. The van der Waals surface area contributed by atoms with Crippen LogP contribution in [0.25, 0.3) is 10.9 Å². The number of rotatable bonds is 5. The number of hydrogen-bond acceptors (Lipinski definition) is 2. The summed E-state index contributed by atoms with van der Waals surface area (Å²) in [6, 6.07) is 13.7. The van der Waals surface area contributed by atoms with Gasteiger partial charge in [0.25, 0.3) is 5.91 Å². The Balaban J connectivity index is 0.00000240. The number of hydrogen-bond donors (Lipinski definition) is 2. The number of aromatic amines is 1. The van der Waals surface area contributed by atoms with Crippen molar-refractivity contribution in [3.63, 3.8) is 0 Å². The molecular formula is C22H24Cl3N3O. The number of likely N-dealkylation sites (tertiary alicyclic amines) is 1. The van der Waals surface area contributed by atoms with E-state index in [0.29, 0.717) is 15.6 Å². The predicted molar refractivity (Wildman–Crippen MR) is 123 cm³/mol. The van der Waals surface area contributed by atoms with Crippen molar-refractivity contribution in [2.45, 2.75) is 25.3 Å². The van der Waals surface area contributed by atoms with Gasteiger partial charge in [-0.25, -0.2) is 0 Å². The lowest BCUT2D eigenvalue weighted by Crippen LogP contribution is -2.45. The molecule has 1 fully saturated rings. The molecule has 1 amide bonds. The van der Waals surface area contributed by atoms with Gasteiger partial charge in [0, 0.05) is 42.8 Å². The molecule has 0 atom stereocenters. The highest BCUT2D eigenvalue weighted by Gasteiger charge is 2.23. The SMILES string of the molecule is Cl.O=C(NC1CCN(CCc2c[nH]c3ccccc23)CC1)c1c(Cl)cccc1Cl. The Hall–Kier alpha value is -1.72. The van der Waals surface area contributed by atoms with Gasteiger partial charge in [-0.15, -0.1) is 12.4 Å². The van der Waals surface area contributed by atoms with E-state index in [4.69, 9.17) is 23.2 Å². The second-order valence-electron chi connectivity index (χ2n) is 7.30. The molecule has 1 saturated heterocycles. The molecular weight excluding hydrogens is 429 g/mol. The van der Waals surface area contributed by atoms with Crippen LogP contribution in [0.3, 0.4) is 0 Å². The molecule has 2 heterocycles. The topological polar surface area (TPSA) is 48.1 Å². The van der Waals surface area contributed by atoms with Crippen molar-refractivity contribution in [1.82, 2.24) is 15.2 Å². The molecule has 29 heavy (non-hydrogen) atoms. The van der Waals surface area contributed by atoms with Gasteiger partial charge in [-0.2, -0.15) is 0 Å². The van der Waals surface area contributed by atoms with Gasteiger partial charge in [0.05, 0.1) is 15.6 Å². The highest BCUT2D eigenvalue weighted by Crippen LogP contribution is 2.25. The minimum Gasteiger partial charge on any atom is -0.361 e. The first-order valence-corrected chi connectivity index (χ1v) is 10.4. The highest BCUT2D eigenvalue weighted by atomic mass is 35.5. The Morgan fingerprint density at radius 1 is 1.07 bits per heavy atom. The van der Waals surface area contributed by atoms with E-state index in [0.717, 1.165) is 38.9 Å². The number of H-pyrrole nitrogens is 1. The second-order valence-corrected chi connectivity index (χ2v) is 8.11.